The molecule has 0 unspecified atom stereocenters. The monoisotopic (exact) mass is 325 g/mol. The molecule has 1 N–H and O–H groups in total. The van der Waals surface area contributed by atoms with Crippen molar-refractivity contribution in [3.05, 3.63) is 52.6 Å². The smallest absolute Gasteiger partial charge is 0.284 e. The third kappa shape index (κ3) is 3.73. The Hall–Kier alpha value is -2.06. The van der Waals surface area contributed by atoms with Crippen molar-refractivity contribution in [2.45, 2.75) is 14.7 Å². The number of benzene rings is 2. The number of sulfone groups is 1. The fourth-order valence-electron chi connectivity index (χ4n) is 1.60. The molecule has 21 heavy (non-hydrogen) atoms. The van der Waals surface area contributed by atoms with Crippen molar-refractivity contribution >= 4 is 27.3 Å². The summed E-state index contributed by atoms with van der Waals surface area (Å²) in [7, 11) is -3.50. The first-order valence-corrected chi connectivity index (χ1v) is 8.43. The third-order valence-electron chi connectivity index (χ3n) is 2.62. The van der Waals surface area contributed by atoms with E-state index < -0.39 is 14.8 Å². The Morgan fingerprint density at radius 2 is 1.76 bits per heavy atom. The van der Waals surface area contributed by atoms with Crippen LogP contribution >= 0.6 is 11.8 Å². The quantitative estimate of drug-likeness (QED) is 0.685. The first-order chi connectivity index (χ1) is 9.77. The lowest BCUT2D eigenvalue weighted by atomic mass is 10.3. The lowest BCUT2D eigenvalue weighted by Crippen LogP contribution is -1.99. The largest absolute Gasteiger partial charge is 0.508 e. The van der Waals surface area contributed by atoms with Gasteiger partial charge in [-0.3, -0.25) is 10.1 Å². The number of phenols is 1. The second kappa shape index (κ2) is 5.74. The number of nitrogens with zero attached hydrogens (tertiary/aromatic N) is 1. The second-order valence-electron chi connectivity index (χ2n) is 4.25. The highest BCUT2D eigenvalue weighted by molar-refractivity contribution is 7.99. The second-order valence-corrected chi connectivity index (χ2v) is 7.39. The molecule has 0 spiro atoms. The molecular weight excluding hydrogens is 314 g/mol. The predicted molar refractivity (Wildman–Crippen MR) is 78.4 cm³/mol. The average Bonchev–Trinajstić information content (AvgIpc) is 2.40. The summed E-state index contributed by atoms with van der Waals surface area (Å²) in [5.41, 5.74) is -0.268. The van der Waals surface area contributed by atoms with Crippen LogP contribution in [0, 0.1) is 10.1 Å². The summed E-state index contributed by atoms with van der Waals surface area (Å²) in [6.45, 7) is 0. The van der Waals surface area contributed by atoms with Gasteiger partial charge in [-0.1, -0.05) is 11.8 Å². The van der Waals surface area contributed by atoms with Crippen LogP contribution in [0.2, 0.25) is 0 Å². The Morgan fingerprint density at radius 3 is 2.29 bits per heavy atom. The summed E-state index contributed by atoms with van der Waals surface area (Å²) in [4.78, 5) is 11.4. The topological polar surface area (TPSA) is 97.5 Å². The molecule has 0 radical (unpaired) electrons. The van der Waals surface area contributed by atoms with Gasteiger partial charge in [0.15, 0.2) is 9.84 Å². The Morgan fingerprint density at radius 1 is 1.14 bits per heavy atom. The van der Waals surface area contributed by atoms with Gasteiger partial charge in [-0.2, -0.15) is 0 Å². The highest BCUT2D eigenvalue weighted by Gasteiger charge is 2.19. The molecule has 0 aromatic heterocycles. The molecule has 2 aromatic carbocycles. The Kier molecular flexibility index (Phi) is 4.19. The lowest BCUT2D eigenvalue weighted by molar-refractivity contribution is -0.388. The van der Waals surface area contributed by atoms with Gasteiger partial charge in [-0.05, 0) is 36.4 Å². The molecule has 0 aliphatic carbocycles. The van der Waals surface area contributed by atoms with Crippen molar-refractivity contribution in [1.29, 1.82) is 0 Å². The fraction of sp³-hybridized carbons (Fsp3) is 0.0769. The van der Waals surface area contributed by atoms with Gasteiger partial charge in [0.1, 0.15) is 5.75 Å². The first kappa shape index (κ1) is 15.3. The van der Waals surface area contributed by atoms with E-state index in [2.05, 4.69) is 0 Å². The molecule has 8 heteroatoms. The van der Waals surface area contributed by atoms with Crippen molar-refractivity contribution in [3.63, 3.8) is 0 Å². The minimum Gasteiger partial charge on any atom is -0.508 e. The molecule has 0 fully saturated rings. The van der Waals surface area contributed by atoms with E-state index in [-0.39, 0.29) is 16.3 Å². The van der Waals surface area contributed by atoms with Crippen LogP contribution in [0.25, 0.3) is 0 Å². The number of rotatable bonds is 4. The van der Waals surface area contributed by atoms with E-state index in [0.29, 0.717) is 9.79 Å². The van der Waals surface area contributed by atoms with Gasteiger partial charge >= 0.3 is 0 Å². The maximum atomic E-state index is 11.5. The Bertz CT molecular complexity index is 785. The Balaban J connectivity index is 2.44. The van der Waals surface area contributed by atoms with Gasteiger partial charge in [-0.15, -0.1) is 0 Å². The molecule has 2 rings (SSSR count). The molecule has 0 heterocycles. The zero-order chi connectivity index (χ0) is 15.6. The van der Waals surface area contributed by atoms with Crippen LogP contribution in [-0.2, 0) is 9.84 Å². The molecule has 0 saturated carbocycles. The Labute approximate surface area is 125 Å². The van der Waals surface area contributed by atoms with Crippen molar-refractivity contribution < 1.29 is 18.4 Å². The average molecular weight is 325 g/mol. The normalized spacial score (nSPS) is 11.3. The summed E-state index contributed by atoms with van der Waals surface area (Å²) >= 11 is 1.12. The standard InChI is InChI=1S/C13H11NO5S2/c1-21(18,19)11-6-7-13(12(8-11)14(16)17)20-10-4-2-9(15)3-5-10/h2-8,15H,1H3. The summed E-state index contributed by atoms with van der Waals surface area (Å²) < 4.78 is 22.9. The fourth-order valence-corrected chi connectivity index (χ4v) is 3.14. The number of nitro groups is 1. The van der Waals surface area contributed by atoms with E-state index >= 15 is 0 Å². The molecule has 0 saturated heterocycles. The molecule has 0 amide bonds. The molecule has 0 bridgehead atoms. The summed E-state index contributed by atoms with van der Waals surface area (Å²) in [5, 5.41) is 20.3. The third-order valence-corrected chi connectivity index (χ3v) is 4.80. The molecule has 0 atom stereocenters. The van der Waals surface area contributed by atoms with E-state index in [1.54, 1.807) is 12.1 Å². The zero-order valence-corrected chi connectivity index (χ0v) is 12.5. The van der Waals surface area contributed by atoms with Crippen LogP contribution in [0.15, 0.2) is 57.2 Å². The minimum absolute atomic E-state index is 0.0933. The molecule has 0 aliphatic heterocycles. The van der Waals surface area contributed by atoms with Crippen molar-refractivity contribution in [2.24, 2.45) is 0 Å². The van der Waals surface area contributed by atoms with E-state index in [4.69, 9.17) is 0 Å². The van der Waals surface area contributed by atoms with Gasteiger partial charge in [0.2, 0.25) is 0 Å². The number of hydrogen-bond donors (Lipinski definition) is 1. The van der Waals surface area contributed by atoms with Crippen LogP contribution in [0.4, 0.5) is 5.69 Å². The van der Waals surface area contributed by atoms with Crippen LogP contribution in [0.1, 0.15) is 0 Å². The van der Waals surface area contributed by atoms with Gasteiger partial charge in [0.25, 0.3) is 5.69 Å². The van der Waals surface area contributed by atoms with E-state index in [9.17, 15) is 23.6 Å². The SMILES string of the molecule is CS(=O)(=O)c1ccc(Sc2ccc(O)cc2)c([N+](=O)[O-])c1. The van der Waals surface area contributed by atoms with Crippen LogP contribution in [-0.4, -0.2) is 24.7 Å². The summed E-state index contributed by atoms with van der Waals surface area (Å²) in [5.74, 6) is 0.0984. The maximum absolute atomic E-state index is 11.5. The highest BCUT2D eigenvalue weighted by Crippen LogP contribution is 2.36. The number of phenolic OH excluding ortho intramolecular Hbond substituents is 1. The summed E-state index contributed by atoms with van der Waals surface area (Å²) in [6, 6.07) is 9.98. The maximum Gasteiger partial charge on any atom is 0.284 e. The first-order valence-electron chi connectivity index (χ1n) is 5.73. The van der Waals surface area contributed by atoms with E-state index in [1.807, 2.05) is 0 Å². The van der Waals surface area contributed by atoms with Crippen LogP contribution < -0.4 is 0 Å². The van der Waals surface area contributed by atoms with Gasteiger partial charge in [0.05, 0.1) is 14.7 Å². The van der Waals surface area contributed by atoms with Crippen molar-refractivity contribution in [3.8, 4) is 5.75 Å². The van der Waals surface area contributed by atoms with Gasteiger partial charge in [-0.25, -0.2) is 8.42 Å². The van der Waals surface area contributed by atoms with Crippen LogP contribution in [0.3, 0.4) is 0 Å². The number of hydrogen-bond acceptors (Lipinski definition) is 6. The molecule has 110 valence electrons. The number of nitro benzene ring substituents is 1. The van der Waals surface area contributed by atoms with Gasteiger partial charge < -0.3 is 5.11 Å². The lowest BCUT2D eigenvalue weighted by Gasteiger charge is -2.05. The molecule has 6 nitrogen and oxygen atoms in total. The van der Waals surface area contributed by atoms with Crippen LogP contribution in [0.5, 0.6) is 5.75 Å². The number of aromatic hydroxyl groups is 1. The zero-order valence-electron chi connectivity index (χ0n) is 10.9. The predicted octanol–water partition coefficient (Wildman–Crippen LogP) is 2.86. The molecule has 2 aromatic rings. The molecule has 0 aliphatic rings. The highest BCUT2D eigenvalue weighted by atomic mass is 32.2. The van der Waals surface area contributed by atoms with E-state index in [0.717, 1.165) is 24.1 Å². The van der Waals surface area contributed by atoms with Crippen molar-refractivity contribution in [2.75, 3.05) is 6.26 Å². The van der Waals surface area contributed by atoms with E-state index in [1.165, 1.54) is 24.3 Å². The van der Waals surface area contributed by atoms with Gasteiger partial charge in [0, 0.05) is 17.2 Å². The summed E-state index contributed by atoms with van der Waals surface area (Å²) in [6.07, 6.45) is 0.999. The van der Waals surface area contributed by atoms with Crippen molar-refractivity contribution in [1.82, 2.24) is 0 Å². The molecular formula is C13H11NO5S2. The minimum atomic E-state index is -3.50.